The number of amides is 1. The first-order valence-corrected chi connectivity index (χ1v) is 7.18. The van der Waals surface area contributed by atoms with E-state index in [9.17, 15) is 14.7 Å². The summed E-state index contributed by atoms with van der Waals surface area (Å²) < 4.78 is 0. The van der Waals surface area contributed by atoms with E-state index in [1.54, 1.807) is 0 Å². The van der Waals surface area contributed by atoms with Gasteiger partial charge < -0.3 is 14.8 Å². The van der Waals surface area contributed by atoms with Gasteiger partial charge in [0, 0.05) is 30.9 Å². The highest BCUT2D eigenvalue weighted by molar-refractivity contribution is 5.85. The molecular weight excluding hydrogens is 230 g/mol. The molecule has 0 spiro atoms. The largest absolute Gasteiger partial charge is 0.550 e. The standard InChI is InChI=1S/C14H21NO3/c16-13(15-7-1-2-8-15)11-9-3-5-10(6-4-9)12(11)14(17)18/h9-12H,1-8H2,(H,17,18)/p-1/t9?,10?,11-,12-/m0/s1. The second-order valence-electron chi connectivity index (χ2n) is 6.08. The number of nitrogens with zero attached hydrogens (tertiary/aromatic N) is 1. The predicted molar refractivity (Wildman–Crippen MR) is 63.2 cm³/mol. The van der Waals surface area contributed by atoms with Crippen LogP contribution in [0.5, 0.6) is 0 Å². The van der Waals surface area contributed by atoms with Crippen molar-refractivity contribution in [1.82, 2.24) is 4.90 Å². The number of hydrogen-bond donors (Lipinski definition) is 0. The second-order valence-corrected chi connectivity index (χ2v) is 6.08. The Hall–Kier alpha value is -1.06. The molecule has 3 saturated carbocycles. The molecule has 2 atom stereocenters. The molecule has 4 nitrogen and oxygen atoms in total. The number of hydrogen-bond acceptors (Lipinski definition) is 3. The number of carbonyl (C=O) groups is 2. The molecule has 4 heteroatoms. The molecule has 4 fully saturated rings. The summed E-state index contributed by atoms with van der Waals surface area (Å²) in [6, 6.07) is 0. The van der Waals surface area contributed by atoms with Crippen molar-refractivity contribution in [2.24, 2.45) is 23.7 Å². The summed E-state index contributed by atoms with van der Waals surface area (Å²) in [5, 5.41) is 11.4. The average Bonchev–Trinajstić information content (AvgIpc) is 2.92. The minimum atomic E-state index is -0.998. The van der Waals surface area contributed by atoms with Crippen LogP contribution in [-0.4, -0.2) is 29.9 Å². The summed E-state index contributed by atoms with van der Waals surface area (Å²) >= 11 is 0. The van der Waals surface area contributed by atoms with Crippen molar-refractivity contribution >= 4 is 11.9 Å². The van der Waals surface area contributed by atoms with Gasteiger partial charge in [-0.2, -0.15) is 0 Å². The number of aliphatic carboxylic acids is 1. The normalized spacial score (nSPS) is 39.0. The molecular formula is C14H20NO3-. The van der Waals surface area contributed by atoms with Crippen LogP contribution in [0, 0.1) is 23.7 Å². The first kappa shape index (κ1) is 12.0. The van der Waals surface area contributed by atoms with Crippen LogP contribution in [0.3, 0.4) is 0 Å². The summed E-state index contributed by atoms with van der Waals surface area (Å²) in [5.41, 5.74) is 0. The highest BCUT2D eigenvalue weighted by atomic mass is 16.4. The van der Waals surface area contributed by atoms with Crippen LogP contribution in [0.1, 0.15) is 38.5 Å². The van der Waals surface area contributed by atoms with E-state index in [0.29, 0.717) is 0 Å². The highest BCUT2D eigenvalue weighted by Crippen LogP contribution is 2.49. The Labute approximate surface area is 107 Å². The molecule has 2 bridgehead atoms. The fourth-order valence-electron chi connectivity index (χ4n) is 4.29. The van der Waals surface area contributed by atoms with E-state index in [2.05, 4.69) is 0 Å². The Morgan fingerprint density at radius 3 is 1.89 bits per heavy atom. The van der Waals surface area contributed by atoms with Gasteiger partial charge in [-0.15, -0.1) is 0 Å². The maximum Gasteiger partial charge on any atom is 0.226 e. The van der Waals surface area contributed by atoms with Crippen molar-refractivity contribution in [3.05, 3.63) is 0 Å². The minimum Gasteiger partial charge on any atom is -0.550 e. The molecule has 0 aromatic rings. The highest BCUT2D eigenvalue weighted by Gasteiger charge is 2.48. The number of carboxylic acids is 1. The Balaban J connectivity index is 1.83. The smallest absolute Gasteiger partial charge is 0.226 e. The number of likely N-dealkylation sites (tertiary alicyclic amines) is 1. The summed E-state index contributed by atoms with van der Waals surface area (Å²) in [5.74, 6) is -1.26. The second kappa shape index (κ2) is 4.56. The van der Waals surface area contributed by atoms with Crippen molar-refractivity contribution in [3.63, 3.8) is 0 Å². The molecule has 1 amide bonds. The van der Waals surface area contributed by atoms with Gasteiger partial charge in [-0.3, -0.25) is 4.79 Å². The van der Waals surface area contributed by atoms with Crippen LogP contribution < -0.4 is 5.11 Å². The monoisotopic (exact) mass is 250 g/mol. The van der Waals surface area contributed by atoms with E-state index in [1.807, 2.05) is 4.90 Å². The zero-order valence-electron chi connectivity index (χ0n) is 10.6. The van der Waals surface area contributed by atoms with Crippen LogP contribution in [-0.2, 0) is 9.59 Å². The molecule has 3 aliphatic carbocycles. The van der Waals surface area contributed by atoms with Crippen molar-refractivity contribution in [3.8, 4) is 0 Å². The maximum absolute atomic E-state index is 12.5. The average molecular weight is 250 g/mol. The topological polar surface area (TPSA) is 60.4 Å². The zero-order chi connectivity index (χ0) is 12.7. The Morgan fingerprint density at radius 1 is 0.889 bits per heavy atom. The van der Waals surface area contributed by atoms with E-state index >= 15 is 0 Å². The quantitative estimate of drug-likeness (QED) is 0.713. The van der Waals surface area contributed by atoms with E-state index in [4.69, 9.17) is 0 Å². The van der Waals surface area contributed by atoms with Gasteiger partial charge in [0.1, 0.15) is 0 Å². The number of carboxylic acid groups (broad SMARTS) is 1. The lowest BCUT2D eigenvalue weighted by atomic mass is 9.58. The molecule has 0 aromatic heterocycles. The molecule has 1 heterocycles. The van der Waals surface area contributed by atoms with Crippen LogP contribution in [0.15, 0.2) is 0 Å². The van der Waals surface area contributed by atoms with E-state index < -0.39 is 11.9 Å². The fraction of sp³-hybridized carbons (Fsp3) is 0.857. The van der Waals surface area contributed by atoms with Gasteiger partial charge in [-0.05, 0) is 50.4 Å². The summed E-state index contributed by atoms with van der Waals surface area (Å²) in [7, 11) is 0. The lowest BCUT2D eigenvalue weighted by molar-refractivity contribution is -0.318. The Morgan fingerprint density at radius 2 is 1.39 bits per heavy atom. The van der Waals surface area contributed by atoms with Crippen molar-refractivity contribution in [2.75, 3.05) is 13.1 Å². The lowest BCUT2D eigenvalue weighted by Crippen LogP contribution is -2.54. The third-order valence-electron chi connectivity index (χ3n) is 5.19. The lowest BCUT2D eigenvalue weighted by Gasteiger charge is -2.49. The third kappa shape index (κ3) is 1.82. The van der Waals surface area contributed by atoms with E-state index in [1.165, 1.54) is 0 Å². The summed E-state index contributed by atoms with van der Waals surface area (Å²) in [6.45, 7) is 1.62. The van der Waals surface area contributed by atoms with Crippen LogP contribution in [0.4, 0.5) is 0 Å². The number of fused-ring (bicyclic) bond motifs is 3. The number of rotatable bonds is 2. The van der Waals surface area contributed by atoms with Crippen LogP contribution in [0.2, 0.25) is 0 Å². The van der Waals surface area contributed by atoms with Gasteiger partial charge in [0.15, 0.2) is 0 Å². The molecule has 0 radical (unpaired) electrons. The third-order valence-corrected chi connectivity index (χ3v) is 5.19. The molecule has 4 rings (SSSR count). The van der Waals surface area contributed by atoms with Gasteiger partial charge in [-0.25, -0.2) is 0 Å². The van der Waals surface area contributed by atoms with Crippen LogP contribution >= 0.6 is 0 Å². The van der Waals surface area contributed by atoms with Crippen molar-refractivity contribution in [1.29, 1.82) is 0 Å². The molecule has 1 saturated heterocycles. The fourth-order valence-corrected chi connectivity index (χ4v) is 4.29. The zero-order valence-corrected chi connectivity index (χ0v) is 10.6. The van der Waals surface area contributed by atoms with Gasteiger partial charge >= 0.3 is 0 Å². The number of carbonyl (C=O) groups excluding carboxylic acids is 2. The summed E-state index contributed by atoms with van der Waals surface area (Å²) in [6.07, 6.45) is 6.10. The van der Waals surface area contributed by atoms with Gasteiger partial charge in [0.05, 0.1) is 0 Å². The van der Waals surface area contributed by atoms with E-state index in [0.717, 1.165) is 51.6 Å². The van der Waals surface area contributed by atoms with E-state index in [-0.39, 0.29) is 23.7 Å². The van der Waals surface area contributed by atoms with Crippen LogP contribution in [0.25, 0.3) is 0 Å². The minimum absolute atomic E-state index is 0.0936. The maximum atomic E-state index is 12.5. The Kier molecular flexibility index (Phi) is 3.04. The predicted octanol–water partition coefficient (Wildman–Crippen LogP) is 0.411. The van der Waals surface area contributed by atoms with Gasteiger partial charge in [0.25, 0.3) is 0 Å². The molecule has 0 unspecified atom stereocenters. The van der Waals surface area contributed by atoms with Crippen molar-refractivity contribution < 1.29 is 14.7 Å². The molecule has 0 aromatic carbocycles. The van der Waals surface area contributed by atoms with Gasteiger partial charge in [0.2, 0.25) is 5.91 Å². The van der Waals surface area contributed by atoms with Crippen molar-refractivity contribution in [2.45, 2.75) is 38.5 Å². The molecule has 0 N–H and O–H groups in total. The molecule has 100 valence electrons. The Bertz CT molecular complexity index is 354. The molecule has 18 heavy (non-hydrogen) atoms. The molecule has 4 aliphatic rings. The first-order valence-electron chi connectivity index (χ1n) is 7.18. The molecule has 1 aliphatic heterocycles. The first-order chi connectivity index (χ1) is 8.68. The SMILES string of the molecule is O=C([O-])[C@H]1C2CCC(CC2)[C@@H]1C(=O)N1CCCC1. The van der Waals surface area contributed by atoms with Gasteiger partial charge in [-0.1, -0.05) is 0 Å². The summed E-state index contributed by atoms with van der Waals surface area (Å²) in [4.78, 5) is 25.8.